The summed E-state index contributed by atoms with van der Waals surface area (Å²) in [5.74, 6) is 0.684. The molecular weight excluding hydrogens is 191 g/mol. The fourth-order valence-corrected chi connectivity index (χ4v) is 1.74. The van der Waals surface area contributed by atoms with E-state index in [1.165, 1.54) is 31.4 Å². The van der Waals surface area contributed by atoms with E-state index in [-0.39, 0.29) is 5.82 Å². The largest absolute Gasteiger partial charge is 0.399 e. The van der Waals surface area contributed by atoms with Crippen LogP contribution in [0.25, 0.3) is 0 Å². The first-order chi connectivity index (χ1) is 7.24. The van der Waals surface area contributed by atoms with E-state index in [4.69, 9.17) is 5.73 Å². The van der Waals surface area contributed by atoms with Crippen molar-refractivity contribution >= 4 is 11.4 Å². The van der Waals surface area contributed by atoms with E-state index in [0.29, 0.717) is 5.69 Å². The van der Waals surface area contributed by atoms with E-state index in [2.05, 4.69) is 5.32 Å². The van der Waals surface area contributed by atoms with Gasteiger partial charge in [0.15, 0.2) is 0 Å². The molecule has 3 N–H and O–H groups in total. The lowest BCUT2D eigenvalue weighted by atomic mass is 10.2. The predicted octanol–water partition coefficient (Wildman–Crippen LogP) is 3.01. The molecule has 0 bridgehead atoms. The molecule has 0 aromatic heterocycles. The smallest absolute Gasteiger partial charge is 0.127 e. The Morgan fingerprint density at radius 1 is 1.33 bits per heavy atom. The Morgan fingerprint density at radius 2 is 2.13 bits per heavy atom. The average Bonchev–Trinajstić information content (AvgIpc) is 2.94. The van der Waals surface area contributed by atoms with Crippen LogP contribution in [0, 0.1) is 11.7 Å². The molecule has 1 saturated carbocycles. The molecule has 1 fully saturated rings. The molecule has 1 aromatic carbocycles. The van der Waals surface area contributed by atoms with Crippen molar-refractivity contribution in [3.05, 3.63) is 24.0 Å². The quantitative estimate of drug-likeness (QED) is 0.576. The van der Waals surface area contributed by atoms with Crippen molar-refractivity contribution in [2.24, 2.45) is 5.92 Å². The molecule has 1 aliphatic carbocycles. The molecule has 2 rings (SSSR count). The first kappa shape index (κ1) is 10.3. The Kier molecular flexibility index (Phi) is 3.09. The highest BCUT2D eigenvalue weighted by molar-refractivity contribution is 5.54. The Hall–Kier alpha value is -1.25. The Labute approximate surface area is 89.7 Å². The summed E-state index contributed by atoms with van der Waals surface area (Å²) >= 11 is 0. The van der Waals surface area contributed by atoms with Gasteiger partial charge in [0.05, 0.1) is 0 Å². The molecule has 1 aliphatic rings. The Morgan fingerprint density at radius 3 is 2.80 bits per heavy atom. The second kappa shape index (κ2) is 4.51. The minimum absolute atomic E-state index is 0.278. The fourth-order valence-electron chi connectivity index (χ4n) is 1.74. The summed E-state index contributed by atoms with van der Waals surface area (Å²) in [6.07, 6.45) is 5.23. The first-order valence-electron chi connectivity index (χ1n) is 5.54. The first-order valence-corrected chi connectivity index (χ1v) is 5.54. The molecule has 0 heterocycles. The maximum atomic E-state index is 13.0. The zero-order valence-corrected chi connectivity index (χ0v) is 8.80. The molecule has 2 nitrogen and oxygen atoms in total. The van der Waals surface area contributed by atoms with Gasteiger partial charge in [-0.25, -0.2) is 4.39 Å². The Bertz CT molecular complexity index is 314. The fraction of sp³-hybridized carbons (Fsp3) is 0.500. The second-order valence-corrected chi connectivity index (χ2v) is 4.29. The summed E-state index contributed by atoms with van der Waals surface area (Å²) in [6, 6.07) is 4.57. The molecular formula is C12H17FN2. The monoisotopic (exact) mass is 208 g/mol. The van der Waals surface area contributed by atoms with Crippen molar-refractivity contribution in [1.29, 1.82) is 0 Å². The summed E-state index contributed by atoms with van der Waals surface area (Å²) in [5, 5.41) is 3.19. The minimum atomic E-state index is -0.278. The number of nitrogens with two attached hydrogens (primary N) is 1. The van der Waals surface area contributed by atoms with E-state index in [1.54, 1.807) is 6.07 Å². The van der Waals surface area contributed by atoms with Gasteiger partial charge in [0.1, 0.15) is 5.82 Å². The molecule has 0 atom stereocenters. The van der Waals surface area contributed by atoms with Gasteiger partial charge < -0.3 is 11.1 Å². The highest BCUT2D eigenvalue weighted by Crippen LogP contribution is 2.33. The lowest BCUT2D eigenvalue weighted by Gasteiger charge is -2.07. The topological polar surface area (TPSA) is 38.0 Å². The Balaban J connectivity index is 1.76. The van der Waals surface area contributed by atoms with Crippen LogP contribution in [0.4, 0.5) is 15.8 Å². The van der Waals surface area contributed by atoms with Gasteiger partial charge in [-0.05, 0) is 37.0 Å². The number of nitrogen functional groups attached to an aromatic ring is 1. The third-order valence-electron chi connectivity index (χ3n) is 2.74. The maximum Gasteiger partial charge on any atom is 0.127 e. The molecule has 3 heteroatoms. The molecule has 0 radical (unpaired) electrons. The summed E-state index contributed by atoms with van der Waals surface area (Å²) in [7, 11) is 0. The predicted molar refractivity (Wildman–Crippen MR) is 61.3 cm³/mol. The van der Waals surface area contributed by atoms with Crippen molar-refractivity contribution < 1.29 is 4.39 Å². The van der Waals surface area contributed by atoms with Crippen LogP contribution in [-0.4, -0.2) is 6.54 Å². The number of benzene rings is 1. The molecule has 0 saturated heterocycles. The van der Waals surface area contributed by atoms with Crippen LogP contribution >= 0.6 is 0 Å². The minimum Gasteiger partial charge on any atom is -0.399 e. The second-order valence-electron chi connectivity index (χ2n) is 4.29. The SMILES string of the molecule is Nc1cc(F)cc(NCCCC2CC2)c1. The van der Waals surface area contributed by atoms with Gasteiger partial charge >= 0.3 is 0 Å². The number of halogens is 1. The van der Waals surface area contributed by atoms with E-state index in [0.717, 1.165) is 24.6 Å². The third-order valence-corrected chi connectivity index (χ3v) is 2.74. The molecule has 0 aliphatic heterocycles. The standard InChI is InChI=1S/C12H17FN2/c13-10-6-11(14)8-12(7-10)15-5-1-2-9-3-4-9/h6-9,15H,1-5,14H2. The van der Waals surface area contributed by atoms with Crippen molar-refractivity contribution in [3.63, 3.8) is 0 Å². The average molecular weight is 208 g/mol. The van der Waals surface area contributed by atoms with Crippen LogP contribution in [0.1, 0.15) is 25.7 Å². The summed E-state index contributed by atoms with van der Waals surface area (Å²) < 4.78 is 13.0. The number of hydrogen-bond donors (Lipinski definition) is 2. The van der Waals surface area contributed by atoms with E-state index in [1.807, 2.05) is 0 Å². The van der Waals surface area contributed by atoms with Gasteiger partial charge in [0.25, 0.3) is 0 Å². The van der Waals surface area contributed by atoms with Crippen LogP contribution in [0.15, 0.2) is 18.2 Å². The lowest BCUT2D eigenvalue weighted by molar-refractivity contribution is 0.628. The van der Waals surface area contributed by atoms with Gasteiger partial charge in [0, 0.05) is 17.9 Å². The molecule has 1 aromatic rings. The van der Waals surface area contributed by atoms with Crippen molar-refractivity contribution in [1.82, 2.24) is 0 Å². The number of rotatable bonds is 5. The van der Waals surface area contributed by atoms with Gasteiger partial charge in [-0.15, -0.1) is 0 Å². The molecule has 82 valence electrons. The van der Waals surface area contributed by atoms with Gasteiger partial charge in [0.2, 0.25) is 0 Å². The third kappa shape index (κ3) is 3.42. The lowest BCUT2D eigenvalue weighted by Crippen LogP contribution is -2.02. The van der Waals surface area contributed by atoms with Crippen molar-refractivity contribution in [2.45, 2.75) is 25.7 Å². The maximum absolute atomic E-state index is 13.0. The van der Waals surface area contributed by atoms with Crippen LogP contribution < -0.4 is 11.1 Å². The van der Waals surface area contributed by atoms with E-state index in [9.17, 15) is 4.39 Å². The van der Waals surface area contributed by atoms with Crippen molar-refractivity contribution in [3.8, 4) is 0 Å². The molecule has 0 spiro atoms. The zero-order chi connectivity index (χ0) is 10.7. The van der Waals surface area contributed by atoms with Crippen LogP contribution in [0.3, 0.4) is 0 Å². The van der Waals surface area contributed by atoms with E-state index < -0.39 is 0 Å². The van der Waals surface area contributed by atoms with E-state index >= 15 is 0 Å². The van der Waals surface area contributed by atoms with Crippen LogP contribution in [0.2, 0.25) is 0 Å². The molecule has 0 amide bonds. The molecule has 0 unspecified atom stereocenters. The van der Waals surface area contributed by atoms with Gasteiger partial charge in [-0.3, -0.25) is 0 Å². The van der Waals surface area contributed by atoms with Crippen molar-refractivity contribution in [2.75, 3.05) is 17.6 Å². The highest BCUT2D eigenvalue weighted by atomic mass is 19.1. The zero-order valence-electron chi connectivity index (χ0n) is 8.80. The summed E-state index contributed by atoms with van der Waals surface area (Å²) in [6.45, 7) is 0.902. The van der Waals surface area contributed by atoms with Crippen LogP contribution in [-0.2, 0) is 0 Å². The summed E-state index contributed by atoms with van der Waals surface area (Å²) in [4.78, 5) is 0. The highest BCUT2D eigenvalue weighted by Gasteiger charge is 2.19. The number of nitrogens with one attached hydrogen (secondary N) is 1. The number of anilines is 2. The number of hydrogen-bond acceptors (Lipinski definition) is 2. The molecule has 15 heavy (non-hydrogen) atoms. The van der Waals surface area contributed by atoms with Gasteiger partial charge in [-0.1, -0.05) is 12.8 Å². The van der Waals surface area contributed by atoms with Gasteiger partial charge in [-0.2, -0.15) is 0 Å². The van der Waals surface area contributed by atoms with Crippen LogP contribution in [0.5, 0.6) is 0 Å². The summed E-state index contributed by atoms with van der Waals surface area (Å²) in [5.41, 5.74) is 6.79. The normalized spacial score (nSPS) is 15.3.